The van der Waals surface area contributed by atoms with Crippen LogP contribution in [0.1, 0.15) is 5.56 Å². The lowest BCUT2D eigenvalue weighted by Crippen LogP contribution is -2.20. The first-order valence-electron chi connectivity index (χ1n) is 6.42. The fourth-order valence-electron chi connectivity index (χ4n) is 1.81. The molecule has 0 bridgehead atoms. The van der Waals surface area contributed by atoms with E-state index in [0.29, 0.717) is 17.2 Å². The lowest BCUT2D eigenvalue weighted by atomic mass is 10.2. The smallest absolute Gasteiger partial charge is 0.262 e. The molecule has 21 heavy (non-hydrogen) atoms. The van der Waals surface area contributed by atoms with Crippen molar-refractivity contribution >= 4 is 11.6 Å². The normalized spacial score (nSPS) is 10.0. The summed E-state index contributed by atoms with van der Waals surface area (Å²) in [6, 6.07) is 11.3. The fourth-order valence-corrected chi connectivity index (χ4v) is 1.81. The molecule has 0 fully saturated rings. The summed E-state index contributed by atoms with van der Waals surface area (Å²) in [7, 11) is 1.53. The van der Waals surface area contributed by atoms with Crippen LogP contribution in [0.5, 0.6) is 11.5 Å². The first kappa shape index (κ1) is 14.8. The van der Waals surface area contributed by atoms with E-state index in [0.717, 1.165) is 5.56 Å². The molecule has 0 atom stereocenters. The molecule has 1 N–H and O–H groups in total. The Hall–Kier alpha value is -2.56. The van der Waals surface area contributed by atoms with E-state index in [1.165, 1.54) is 19.2 Å². The summed E-state index contributed by atoms with van der Waals surface area (Å²) in [5, 5.41) is 2.68. The number of anilines is 1. The molecule has 0 spiro atoms. The topological polar surface area (TPSA) is 47.6 Å². The van der Waals surface area contributed by atoms with E-state index < -0.39 is 5.82 Å². The molecule has 2 aromatic rings. The molecule has 0 heterocycles. The van der Waals surface area contributed by atoms with E-state index in [-0.39, 0.29) is 12.5 Å². The van der Waals surface area contributed by atoms with Crippen molar-refractivity contribution in [2.75, 3.05) is 19.0 Å². The van der Waals surface area contributed by atoms with Crippen molar-refractivity contribution in [2.24, 2.45) is 0 Å². The number of hydrogen-bond donors (Lipinski definition) is 1. The summed E-state index contributed by atoms with van der Waals surface area (Å²) in [6.45, 7) is 1.58. The number of halogens is 1. The fraction of sp³-hybridized carbons (Fsp3) is 0.188. The van der Waals surface area contributed by atoms with Crippen LogP contribution in [0.25, 0.3) is 0 Å². The van der Waals surface area contributed by atoms with Gasteiger partial charge in [-0.3, -0.25) is 4.79 Å². The Balaban J connectivity index is 1.97. The minimum atomic E-state index is -0.402. The second kappa shape index (κ2) is 6.74. The Morgan fingerprint density at radius 2 is 1.95 bits per heavy atom. The van der Waals surface area contributed by atoms with Gasteiger partial charge >= 0.3 is 0 Å². The Morgan fingerprint density at radius 3 is 2.71 bits per heavy atom. The third-order valence-corrected chi connectivity index (χ3v) is 2.89. The molecular formula is C16H16FNO3. The Kier molecular flexibility index (Phi) is 4.77. The number of amides is 1. The highest BCUT2D eigenvalue weighted by Crippen LogP contribution is 2.23. The van der Waals surface area contributed by atoms with Crippen LogP contribution >= 0.6 is 0 Å². The SMILES string of the molecule is COc1ccccc1NC(=O)COc1cc(F)ccc1C. The van der Waals surface area contributed by atoms with Gasteiger partial charge in [-0.05, 0) is 30.7 Å². The molecule has 0 saturated heterocycles. The van der Waals surface area contributed by atoms with Crippen molar-refractivity contribution in [1.82, 2.24) is 0 Å². The zero-order chi connectivity index (χ0) is 15.2. The van der Waals surface area contributed by atoms with Gasteiger partial charge in [0.25, 0.3) is 5.91 Å². The van der Waals surface area contributed by atoms with Crippen molar-refractivity contribution < 1.29 is 18.7 Å². The lowest BCUT2D eigenvalue weighted by molar-refractivity contribution is -0.118. The van der Waals surface area contributed by atoms with Crippen LogP contribution in [0.4, 0.5) is 10.1 Å². The Morgan fingerprint density at radius 1 is 1.19 bits per heavy atom. The molecule has 0 aliphatic rings. The molecule has 0 saturated carbocycles. The van der Waals surface area contributed by atoms with Gasteiger partial charge in [-0.25, -0.2) is 4.39 Å². The number of rotatable bonds is 5. The largest absolute Gasteiger partial charge is 0.495 e. The van der Waals surface area contributed by atoms with Gasteiger partial charge in [-0.15, -0.1) is 0 Å². The molecule has 1 amide bonds. The summed E-state index contributed by atoms with van der Waals surface area (Å²) in [5.74, 6) is 0.168. The number of methoxy groups -OCH3 is 1. The second-order valence-corrected chi connectivity index (χ2v) is 4.45. The van der Waals surface area contributed by atoms with Crippen molar-refractivity contribution in [2.45, 2.75) is 6.92 Å². The summed E-state index contributed by atoms with van der Waals surface area (Å²) < 4.78 is 23.6. The first-order chi connectivity index (χ1) is 10.1. The summed E-state index contributed by atoms with van der Waals surface area (Å²) in [6.07, 6.45) is 0. The zero-order valence-corrected chi connectivity index (χ0v) is 11.9. The van der Waals surface area contributed by atoms with E-state index in [2.05, 4.69) is 5.32 Å². The molecule has 0 aromatic heterocycles. The molecule has 0 aliphatic carbocycles. The number of aryl methyl sites for hydroxylation is 1. The molecule has 0 radical (unpaired) electrons. The molecule has 0 unspecified atom stereocenters. The highest BCUT2D eigenvalue weighted by molar-refractivity contribution is 5.93. The van der Waals surface area contributed by atoms with Crippen LogP contribution < -0.4 is 14.8 Å². The van der Waals surface area contributed by atoms with Crippen LogP contribution in [-0.2, 0) is 4.79 Å². The van der Waals surface area contributed by atoms with Gasteiger partial charge in [0.05, 0.1) is 12.8 Å². The molecule has 5 heteroatoms. The zero-order valence-electron chi connectivity index (χ0n) is 11.9. The Labute approximate surface area is 122 Å². The number of hydrogen-bond acceptors (Lipinski definition) is 3. The van der Waals surface area contributed by atoms with E-state index in [4.69, 9.17) is 9.47 Å². The number of carbonyl (C=O) groups is 1. The van der Waals surface area contributed by atoms with Crippen molar-refractivity contribution in [3.63, 3.8) is 0 Å². The van der Waals surface area contributed by atoms with Crippen LogP contribution in [-0.4, -0.2) is 19.6 Å². The summed E-state index contributed by atoms with van der Waals surface area (Å²) >= 11 is 0. The molecule has 110 valence electrons. The molecule has 0 aliphatic heterocycles. The van der Waals surface area contributed by atoms with Crippen LogP contribution in [0.2, 0.25) is 0 Å². The minimum Gasteiger partial charge on any atom is -0.495 e. The van der Waals surface area contributed by atoms with Crippen LogP contribution in [0, 0.1) is 12.7 Å². The van der Waals surface area contributed by atoms with Gasteiger partial charge in [-0.1, -0.05) is 18.2 Å². The van der Waals surface area contributed by atoms with Crippen molar-refractivity contribution in [1.29, 1.82) is 0 Å². The number of para-hydroxylation sites is 2. The van der Waals surface area contributed by atoms with E-state index in [1.807, 2.05) is 0 Å². The van der Waals surface area contributed by atoms with Gasteiger partial charge in [0.15, 0.2) is 6.61 Å². The lowest BCUT2D eigenvalue weighted by Gasteiger charge is -2.11. The predicted molar refractivity (Wildman–Crippen MR) is 78.3 cm³/mol. The number of carbonyl (C=O) groups excluding carboxylic acids is 1. The van der Waals surface area contributed by atoms with Gasteiger partial charge in [-0.2, -0.15) is 0 Å². The molecule has 2 aromatic carbocycles. The van der Waals surface area contributed by atoms with Crippen molar-refractivity contribution in [3.05, 3.63) is 53.8 Å². The quantitative estimate of drug-likeness (QED) is 0.919. The van der Waals surface area contributed by atoms with E-state index in [1.54, 1.807) is 37.3 Å². The summed E-state index contributed by atoms with van der Waals surface area (Å²) in [5.41, 5.74) is 1.33. The minimum absolute atomic E-state index is 0.206. The molecule has 4 nitrogen and oxygen atoms in total. The van der Waals surface area contributed by atoms with E-state index in [9.17, 15) is 9.18 Å². The van der Waals surface area contributed by atoms with Crippen molar-refractivity contribution in [3.8, 4) is 11.5 Å². The molecular weight excluding hydrogens is 273 g/mol. The highest BCUT2D eigenvalue weighted by atomic mass is 19.1. The maximum absolute atomic E-state index is 13.1. The first-order valence-corrected chi connectivity index (χ1v) is 6.42. The van der Waals surface area contributed by atoms with Gasteiger partial charge in [0.1, 0.15) is 17.3 Å². The summed E-state index contributed by atoms with van der Waals surface area (Å²) in [4.78, 5) is 11.9. The maximum atomic E-state index is 13.1. The Bertz CT molecular complexity index is 643. The third kappa shape index (κ3) is 3.95. The maximum Gasteiger partial charge on any atom is 0.262 e. The highest BCUT2D eigenvalue weighted by Gasteiger charge is 2.09. The van der Waals surface area contributed by atoms with Gasteiger partial charge in [0, 0.05) is 6.07 Å². The number of benzene rings is 2. The van der Waals surface area contributed by atoms with Crippen LogP contribution in [0.15, 0.2) is 42.5 Å². The number of ether oxygens (including phenoxy) is 2. The van der Waals surface area contributed by atoms with E-state index >= 15 is 0 Å². The van der Waals surface area contributed by atoms with Gasteiger partial charge in [0.2, 0.25) is 0 Å². The monoisotopic (exact) mass is 289 g/mol. The average Bonchev–Trinajstić information content (AvgIpc) is 2.49. The predicted octanol–water partition coefficient (Wildman–Crippen LogP) is 3.16. The third-order valence-electron chi connectivity index (χ3n) is 2.89. The standard InChI is InChI=1S/C16H16FNO3/c1-11-7-8-12(17)9-15(11)21-10-16(19)18-13-5-3-4-6-14(13)20-2/h3-9H,10H2,1-2H3,(H,18,19). The molecule has 2 rings (SSSR count). The number of nitrogens with one attached hydrogen (secondary N) is 1. The average molecular weight is 289 g/mol. The van der Waals surface area contributed by atoms with Crippen LogP contribution in [0.3, 0.4) is 0 Å². The second-order valence-electron chi connectivity index (χ2n) is 4.45. The van der Waals surface area contributed by atoms with Gasteiger partial charge < -0.3 is 14.8 Å².